The Morgan fingerprint density at radius 2 is 1.88 bits per heavy atom. The fraction of sp³-hybridized carbons (Fsp3) is 0.391. The smallest absolute Gasteiger partial charge is 0.326 e. The first-order chi connectivity index (χ1) is 16.3. The molecule has 0 unspecified atom stereocenters. The summed E-state index contributed by atoms with van der Waals surface area (Å²) in [6.07, 6.45) is 11.3. The summed E-state index contributed by atoms with van der Waals surface area (Å²) in [4.78, 5) is 32.7. The van der Waals surface area contributed by atoms with Crippen molar-refractivity contribution in [3.63, 3.8) is 0 Å². The molecule has 11 heteroatoms. The first-order valence-electron chi connectivity index (χ1n) is 10.9. The van der Waals surface area contributed by atoms with Gasteiger partial charge in [0.25, 0.3) is 5.91 Å². The molecule has 1 aliphatic heterocycles. The molecule has 180 valence electrons. The van der Waals surface area contributed by atoms with E-state index in [0.29, 0.717) is 11.4 Å². The van der Waals surface area contributed by atoms with Gasteiger partial charge in [0.2, 0.25) is 0 Å². The van der Waals surface area contributed by atoms with E-state index in [1.807, 2.05) is 6.26 Å². The zero-order chi connectivity index (χ0) is 24.3. The number of carbonyl (C=O) groups excluding carboxylic acids is 1. The van der Waals surface area contributed by atoms with Crippen LogP contribution in [-0.2, 0) is 16.0 Å². The number of carbonyl (C=O) groups is 2. The molecule has 2 aromatic rings. The predicted molar refractivity (Wildman–Crippen MR) is 132 cm³/mol. The van der Waals surface area contributed by atoms with E-state index in [9.17, 15) is 14.7 Å². The maximum absolute atomic E-state index is 12.5. The fourth-order valence-corrected chi connectivity index (χ4v) is 5.48. The van der Waals surface area contributed by atoms with E-state index >= 15 is 0 Å². The Balaban J connectivity index is 1.44. The van der Waals surface area contributed by atoms with Crippen LogP contribution in [0.1, 0.15) is 48.2 Å². The molecule has 0 radical (unpaired) electrons. The fourth-order valence-electron chi connectivity index (χ4n) is 4.25. The lowest BCUT2D eigenvalue weighted by molar-refractivity contribution is -0.139. The van der Waals surface area contributed by atoms with Crippen LogP contribution in [0.5, 0.6) is 0 Å². The van der Waals surface area contributed by atoms with Crippen LogP contribution < -0.4 is 10.6 Å². The van der Waals surface area contributed by atoms with Gasteiger partial charge >= 0.3 is 5.97 Å². The molecule has 1 atom stereocenters. The second kappa shape index (κ2) is 10.4. The van der Waals surface area contributed by atoms with Crippen molar-refractivity contribution >= 4 is 52.5 Å². The van der Waals surface area contributed by atoms with Crippen molar-refractivity contribution in [1.29, 1.82) is 0 Å². The minimum atomic E-state index is -0.966. The van der Waals surface area contributed by atoms with Crippen molar-refractivity contribution < 1.29 is 19.4 Å². The first kappa shape index (κ1) is 24.6. The average Bonchev–Trinajstić information content (AvgIpc) is 2.81. The second-order valence-electron chi connectivity index (χ2n) is 8.23. The number of carboxylic acid groups (broad SMARTS) is 1. The molecule has 4 rings (SSSR count). The van der Waals surface area contributed by atoms with Crippen LogP contribution in [0.25, 0.3) is 0 Å². The van der Waals surface area contributed by atoms with Crippen molar-refractivity contribution in [2.24, 2.45) is 0 Å². The average molecular weight is 523 g/mol. The van der Waals surface area contributed by atoms with Crippen LogP contribution >= 0.6 is 35.0 Å². The van der Waals surface area contributed by atoms with Gasteiger partial charge in [-0.25, -0.2) is 4.79 Å². The van der Waals surface area contributed by atoms with Crippen molar-refractivity contribution in [1.82, 2.24) is 15.3 Å². The topological polar surface area (TPSA) is 113 Å². The Labute approximate surface area is 211 Å². The number of pyridine rings is 2. The van der Waals surface area contributed by atoms with Crippen LogP contribution in [0.2, 0.25) is 10.0 Å². The van der Waals surface area contributed by atoms with Crippen molar-refractivity contribution in [2.75, 3.05) is 11.6 Å². The summed E-state index contributed by atoms with van der Waals surface area (Å²) in [6, 6.07) is 2.48. The standard InChI is InChI=1S/C23H24Cl2N4O4S/c1-34-22-19(23(33-22)7-3-2-4-8-23)29-17(21(31)32)9-13-5-6-14(10-27-13)28-20(30)18-15(24)11-26-12-16(18)25/h5-6,10-12,17,29H,2-4,7-9H2,1H3,(H,28,30)(H,31,32)/t17-/m0/s1. The summed E-state index contributed by atoms with van der Waals surface area (Å²) in [6.45, 7) is 0. The highest BCUT2D eigenvalue weighted by Gasteiger charge is 2.49. The van der Waals surface area contributed by atoms with Gasteiger partial charge in [-0.1, -0.05) is 41.4 Å². The van der Waals surface area contributed by atoms with Gasteiger partial charge in [-0.2, -0.15) is 0 Å². The van der Waals surface area contributed by atoms with Gasteiger partial charge in [-0.15, -0.1) is 0 Å². The molecule has 34 heavy (non-hydrogen) atoms. The lowest BCUT2D eigenvalue weighted by Gasteiger charge is -2.48. The van der Waals surface area contributed by atoms with Gasteiger partial charge < -0.3 is 20.5 Å². The van der Waals surface area contributed by atoms with Crippen LogP contribution in [0, 0.1) is 0 Å². The van der Waals surface area contributed by atoms with E-state index in [0.717, 1.165) is 36.5 Å². The number of halogens is 2. The van der Waals surface area contributed by atoms with E-state index in [4.69, 9.17) is 27.9 Å². The highest BCUT2D eigenvalue weighted by atomic mass is 35.5. The summed E-state index contributed by atoms with van der Waals surface area (Å²) in [7, 11) is 0. The molecule has 0 aromatic carbocycles. The number of hydrogen-bond acceptors (Lipinski definition) is 7. The molecule has 8 nitrogen and oxygen atoms in total. The number of thioether (sulfide) groups is 1. The molecule has 0 bridgehead atoms. The Bertz CT molecular complexity index is 1100. The normalized spacial score (nSPS) is 17.5. The number of nitrogens with one attached hydrogen (secondary N) is 2. The molecule has 2 aromatic heterocycles. The quantitative estimate of drug-likeness (QED) is 0.449. The molecule has 1 fully saturated rings. The van der Waals surface area contributed by atoms with Crippen LogP contribution in [-0.4, -0.2) is 44.8 Å². The van der Waals surface area contributed by atoms with E-state index in [2.05, 4.69) is 20.6 Å². The maximum Gasteiger partial charge on any atom is 0.326 e. The monoisotopic (exact) mass is 522 g/mol. The SMILES string of the molecule is CSC1=C(N[C@@H](Cc2ccc(NC(=O)c3c(Cl)cncc3Cl)cn2)C(=O)O)C2(CCCCC2)O1. The summed E-state index contributed by atoms with van der Waals surface area (Å²) < 4.78 is 6.07. The Morgan fingerprint density at radius 3 is 2.47 bits per heavy atom. The molecule has 1 saturated carbocycles. The van der Waals surface area contributed by atoms with Gasteiger partial charge in [0.05, 0.1) is 27.5 Å². The highest BCUT2D eigenvalue weighted by molar-refractivity contribution is 8.02. The van der Waals surface area contributed by atoms with Gasteiger partial charge in [0.15, 0.2) is 10.7 Å². The van der Waals surface area contributed by atoms with E-state index in [1.165, 1.54) is 36.8 Å². The highest BCUT2D eigenvalue weighted by Crippen LogP contribution is 2.49. The minimum Gasteiger partial charge on any atom is -0.480 e. The third-order valence-corrected chi connectivity index (χ3v) is 7.22. The maximum atomic E-state index is 12.5. The largest absolute Gasteiger partial charge is 0.480 e. The first-order valence-corrected chi connectivity index (χ1v) is 12.8. The Kier molecular flexibility index (Phi) is 7.54. The number of aliphatic carboxylic acids is 1. The van der Waals surface area contributed by atoms with Gasteiger partial charge in [-0.05, 0) is 44.1 Å². The Hall–Kier alpha value is -2.49. The van der Waals surface area contributed by atoms with Gasteiger partial charge in [-0.3, -0.25) is 14.8 Å². The van der Waals surface area contributed by atoms with E-state index in [1.54, 1.807) is 12.1 Å². The summed E-state index contributed by atoms with van der Waals surface area (Å²) in [5.74, 6) is -1.46. The molecular formula is C23H24Cl2N4O4S. The zero-order valence-electron chi connectivity index (χ0n) is 18.4. The third kappa shape index (κ3) is 5.11. The molecule has 0 saturated heterocycles. The second-order valence-corrected chi connectivity index (χ2v) is 9.83. The van der Waals surface area contributed by atoms with Crippen molar-refractivity contribution in [3.8, 4) is 0 Å². The van der Waals surface area contributed by atoms with Crippen LogP contribution in [0.15, 0.2) is 41.5 Å². The summed E-state index contributed by atoms with van der Waals surface area (Å²) >= 11 is 13.5. The third-order valence-electron chi connectivity index (χ3n) is 5.99. The van der Waals surface area contributed by atoms with Gasteiger partial charge in [0, 0.05) is 24.5 Å². The van der Waals surface area contributed by atoms with E-state index < -0.39 is 17.9 Å². The van der Waals surface area contributed by atoms with Gasteiger partial charge in [0.1, 0.15) is 11.7 Å². The lowest BCUT2D eigenvalue weighted by atomic mass is 9.80. The molecule has 1 amide bonds. The summed E-state index contributed by atoms with van der Waals surface area (Å²) in [5.41, 5.74) is 1.62. The predicted octanol–water partition coefficient (Wildman–Crippen LogP) is 4.89. The number of rotatable bonds is 8. The van der Waals surface area contributed by atoms with Crippen molar-refractivity contribution in [3.05, 3.63) is 62.8 Å². The molecule has 3 heterocycles. The minimum absolute atomic E-state index is 0.120. The van der Waals surface area contributed by atoms with Crippen LogP contribution in [0.3, 0.4) is 0 Å². The van der Waals surface area contributed by atoms with Crippen molar-refractivity contribution in [2.45, 2.75) is 50.2 Å². The number of amides is 1. The molecule has 2 aliphatic rings. The molecule has 3 N–H and O–H groups in total. The Morgan fingerprint density at radius 1 is 1.18 bits per heavy atom. The number of anilines is 1. The van der Waals surface area contributed by atoms with Crippen LogP contribution in [0.4, 0.5) is 5.69 Å². The number of nitrogens with zero attached hydrogens (tertiary/aromatic N) is 2. The number of ether oxygens (including phenoxy) is 1. The number of carboxylic acids is 1. The molecule has 1 aliphatic carbocycles. The lowest BCUT2D eigenvalue weighted by Crippen LogP contribution is -2.54. The molecule has 1 spiro atoms. The van der Waals surface area contributed by atoms with E-state index in [-0.39, 0.29) is 27.6 Å². The number of aromatic nitrogens is 2. The number of hydrogen-bond donors (Lipinski definition) is 3. The zero-order valence-corrected chi connectivity index (χ0v) is 20.8. The molecular weight excluding hydrogens is 499 g/mol. The summed E-state index contributed by atoms with van der Waals surface area (Å²) in [5, 5.41) is 16.8.